The standard InChI is InChI=1S/C14H19BrClN3S/c1-4-6-17-11(14-10(15)5-7-20-14)8-12-13(16)9(2)18-19(12)3/h5,7,11,17H,4,6,8H2,1-3H3. The Labute approximate surface area is 137 Å². The molecule has 3 nitrogen and oxygen atoms in total. The van der Waals surface area contributed by atoms with E-state index in [9.17, 15) is 0 Å². The quantitative estimate of drug-likeness (QED) is 0.805. The lowest BCUT2D eigenvalue weighted by Crippen LogP contribution is -2.24. The van der Waals surface area contributed by atoms with E-state index in [0.717, 1.165) is 40.3 Å². The fourth-order valence-corrected chi connectivity index (χ4v) is 4.19. The lowest BCUT2D eigenvalue weighted by atomic mass is 10.1. The SMILES string of the molecule is CCCNC(Cc1c(Cl)c(C)nn1C)c1sccc1Br. The van der Waals surface area contributed by atoms with Crippen molar-refractivity contribution in [2.45, 2.75) is 32.7 Å². The van der Waals surface area contributed by atoms with E-state index in [1.807, 2.05) is 18.7 Å². The molecule has 0 aromatic carbocycles. The largest absolute Gasteiger partial charge is 0.309 e. The second-order valence-corrected chi connectivity index (χ2v) is 6.99. The highest BCUT2D eigenvalue weighted by Crippen LogP contribution is 2.33. The molecule has 110 valence electrons. The van der Waals surface area contributed by atoms with Crippen LogP contribution in [0.2, 0.25) is 5.02 Å². The summed E-state index contributed by atoms with van der Waals surface area (Å²) in [5.41, 5.74) is 1.97. The van der Waals surface area contributed by atoms with Crippen molar-refractivity contribution in [2.24, 2.45) is 7.05 Å². The summed E-state index contributed by atoms with van der Waals surface area (Å²) in [6.45, 7) is 5.11. The van der Waals surface area contributed by atoms with E-state index < -0.39 is 0 Å². The molecule has 1 unspecified atom stereocenters. The number of aromatic nitrogens is 2. The van der Waals surface area contributed by atoms with E-state index in [1.165, 1.54) is 4.88 Å². The molecule has 6 heteroatoms. The summed E-state index contributed by atoms with van der Waals surface area (Å²) in [6.07, 6.45) is 1.95. The maximum absolute atomic E-state index is 6.37. The van der Waals surface area contributed by atoms with Gasteiger partial charge in [-0.15, -0.1) is 11.3 Å². The van der Waals surface area contributed by atoms with Gasteiger partial charge >= 0.3 is 0 Å². The molecule has 0 saturated heterocycles. The molecule has 2 rings (SSSR count). The molecule has 2 aromatic rings. The highest BCUT2D eigenvalue weighted by Gasteiger charge is 2.20. The normalized spacial score (nSPS) is 12.8. The van der Waals surface area contributed by atoms with E-state index in [4.69, 9.17) is 11.6 Å². The molecule has 1 N–H and O–H groups in total. The summed E-state index contributed by atoms with van der Waals surface area (Å²) in [4.78, 5) is 1.31. The van der Waals surface area contributed by atoms with Gasteiger partial charge in [0.25, 0.3) is 0 Å². The minimum atomic E-state index is 0.261. The van der Waals surface area contributed by atoms with E-state index in [-0.39, 0.29) is 6.04 Å². The maximum atomic E-state index is 6.37. The minimum absolute atomic E-state index is 0.261. The van der Waals surface area contributed by atoms with Gasteiger partial charge in [-0.3, -0.25) is 4.68 Å². The Hall–Kier alpha value is -0.360. The lowest BCUT2D eigenvalue weighted by molar-refractivity contribution is 0.517. The summed E-state index contributed by atoms with van der Waals surface area (Å²) in [6, 6.07) is 2.35. The zero-order valence-corrected chi connectivity index (χ0v) is 15.1. The first kappa shape index (κ1) is 16.0. The van der Waals surface area contributed by atoms with E-state index in [0.29, 0.717) is 0 Å². The van der Waals surface area contributed by atoms with Gasteiger partial charge in [-0.05, 0) is 47.3 Å². The van der Waals surface area contributed by atoms with Crippen LogP contribution in [-0.4, -0.2) is 16.3 Å². The zero-order valence-electron chi connectivity index (χ0n) is 11.9. The molecule has 1 atom stereocenters. The van der Waals surface area contributed by atoms with Crippen LogP contribution in [0, 0.1) is 6.92 Å². The Kier molecular flexibility index (Phi) is 5.66. The Morgan fingerprint density at radius 3 is 2.80 bits per heavy atom. The molecular weight excluding hydrogens is 358 g/mol. The van der Waals surface area contributed by atoms with Gasteiger partial charge in [0.1, 0.15) is 0 Å². The number of hydrogen-bond acceptors (Lipinski definition) is 3. The topological polar surface area (TPSA) is 29.9 Å². The molecule has 0 radical (unpaired) electrons. The molecule has 2 heterocycles. The third-order valence-corrected chi connectivity index (χ3v) is 5.74. The number of halogens is 2. The van der Waals surface area contributed by atoms with Gasteiger partial charge in [-0.2, -0.15) is 5.10 Å². The summed E-state index contributed by atoms with van der Waals surface area (Å²) >= 11 is 11.8. The third kappa shape index (κ3) is 3.45. The third-order valence-electron chi connectivity index (χ3n) is 3.26. The average Bonchev–Trinajstić information content (AvgIpc) is 2.93. The van der Waals surface area contributed by atoms with E-state index in [1.54, 1.807) is 11.3 Å². The molecule has 0 bridgehead atoms. The maximum Gasteiger partial charge on any atom is 0.0847 e. The van der Waals surface area contributed by atoms with Crippen LogP contribution in [0.5, 0.6) is 0 Å². The smallest absolute Gasteiger partial charge is 0.0847 e. The minimum Gasteiger partial charge on any atom is -0.309 e. The molecular formula is C14H19BrClN3S. The Morgan fingerprint density at radius 1 is 1.55 bits per heavy atom. The Morgan fingerprint density at radius 2 is 2.30 bits per heavy atom. The van der Waals surface area contributed by atoms with Gasteiger partial charge in [-0.1, -0.05) is 18.5 Å². The van der Waals surface area contributed by atoms with Gasteiger partial charge < -0.3 is 5.32 Å². The van der Waals surface area contributed by atoms with E-state index in [2.05, 4.69) is 44.7 Å². The van der Waals surface area contributed by atoms with Gasteiger partial charge in [0.15, 0.2) is 0 Å². The van der Waals surface area contributed by atoms with Crippen molar-refractivity contribution >= 4 is 38.9 Å². The van der Waals surface area contributed by atoms with Crippen LogP contribution in [0.15, 0.2) is 15.9 Å². The van der Waals surface area contributed by atoms with Crippen molar-refractivity contribution in [3.63, 3.8) is 0 Å². The molecule has 0 aliphatic carbocycles. The van der Waals surface area contributed by atoms with Gasteiger partial charge in [0.05, 0.1) is 16.4 Å². The molecule has 2 aromatic heterocycles. The summed E-state index contributed by atoms with van der Waals surface area (Å²) in [5, 5.41) is 10.9. The first-order valence-corrected chi connectivity index (χ1v) is 8.73. The number of hydrogen-bond donors (Lipinski definition) is 1. The predicted molar refractivity (Wildman–Crippen MR) is 89.7 cm³/mol. The van der Waals surface area contributed by atoms with Crippen molar-refractivity contribution < 1.29 is 0 Å². The number of thiophene rings is 1. The first-order chi connectivity index (χ1) is 9.54. The summed E-state index contributed by atoms with van der Waals surface area (Å²) < 4.78 is 3.05. The number of nitrogens with one attached hydrogen (secondary N) is 1. The summed E-state index contributed by atoms with van der Waals surface area (Å²) in [7, 11) is 1.95. The molecule has 0 saturated carbocycles. The summed E-state index contributed by atoms with van der Waals surface area (Å²) in [5.74, 6) is 0. The van der Waals surface area contributed by atoms with Crippen molar-refractivity contribution in [3.05, 3.63) is 37.2 Å². The highest BCUT2D eigenvalue weighted by molar-refractivity contribution is 9.10. The molecule has 0 aliphatic heterocycles. The molecule has 0 fully saturated rings. The Balaban J connectivity index is 2.26. The van der Waals surface area contributed by atoms with Crippen molar-refractivity contribution in [1.82, 2.24) is 15.1 Å². The number of rotatable bonds is 6. The van der Waals surface area contributed by atoms with Crippen molar-refractivity contribution in [1.29, 1.82) is 0 Å². The van der Waals surface area contributed by atoms with Gasteiger partial charge in [0, 0.05) is 28.9 Å². The van der Waals surface area contributed by atoms with Crippen LogP contribution in [0.3, 0.4) is 0 Å². The Bertz CT molecular complexity index is 579. The van der Waals surface area contributed by atoms with Crippen molar-refractivity contribution in [3.8, 4) is 0 Å². The molecule has 0 spiro atoms. The molecule has 0 amide bonds. The second-order valence-electron chi connectivity index (χ2n) is 4.81. The number of aryl methyl sites for hydroxylation is 2. The molecule has 0 aliphatic rings. The fraction of sp³-hybridized carbons (Fsp3) is 0.500. The van der Waals surface area contributed by atoms with Crippen molar-refractivity contribution in [2.75, 3.05) is 6.54 Å². The van der Waals surface area contributed by atoms with Crippen LogP contribution in [0.4, 0.5) is 0 Å². The van der Waals surface area contributed by atoms with Crippen LogP contribution >= 0.6 is 38.9 Å². The first-order valence-electron chi connectivity index (χ1n) is 6.68. The van der Waals surface area contributed by atoms with Crippen LogP contribution in [0.25, 0.3) is 0 Å². The zero-order chi connectivity index (χ0) is 14.7. The molecule has 20 heavy (non-hydrogen) atoms. The van der Waals surface area contributed by atoms with Crippen LogP contribution in [-0.2, 0) is 13.5 Å². The lowest BCUT2D eigenvalue weighted by Gasteiger charge is -2.18. The highest BCUT2D eigenvalue weighted by atomic mass is 79.9. The second kappa shape index (κ2) is 7.07. The monoisotopic (exact) mass is 375 g/mol. The van der Waals surface area contributed by atoms with Crippen LogP contribution in [0.1, 0.15) is 35.7 Å². The van der Waals surface area contributed by atoms with Gasteiger partial charge in [-0.25, -0.2) is 0 Å². The van der Waals surface area contributed by atoms with E-state index >= 15 is 0 Å². The fourth-order valence-electron chi connectivity index (χ4n) is 2.23. The van der Waals surface area contributed by atoms with Gasteiger partial charge in [0.2, 0.25) is 0 Å². The van der Waals surface area contributed by atoms with Crippen LogP contribution < -0.4 is 5.32 Å². The predicted octanol–water partition coefficient (Wildman–Crippen LogP) is 4.49. The average molecular weight is 377 g/mol. The number of nitrogens with zero attached hydrogens (tertiary/aromatic N) is 2.